The molecule has 1 N–H and O–H groups in total. The number of hydrogen-bond donors (Lipinski definition) is 1. The molecule has 0 aliphatic carbocycles. The first-order valence-electron chi connectivity index (χ1n) is 10.5. The SMILES string of the molecule is COCC(=O)NC[C@@H]1CCC2(CCN(Cc3cccn3-c3ccc(Cl)cn3)CC2)O1. The maximum Gasteiger partial charge on any atom is 0.246 e. The number of pyridine rings is 1. The number of hydrogen-bond acceptors (Lipinski definition) is 5. The number of nitrogens with one attached hydrogen (secondary N) is 1. The average Bonchev–Trinajstić information content (AvgIpc) is 3.37. The van der Waals surface area contributed by atoms with Crippen molar-refractivity contribution in [1.29, 1.82) is 0 Å². The number of methoxy groups -OCH3 is 1. The van der Waals surface area contributed by atoms with Gasteiger partial charge in [0, 0.05) is 51.4 Å². The number of nitrogens with zero attached hydrogens (tertiary/aromatic N) is 3. The molecule has 4 rings (SSSR count). The molecule has 0 saturated carbocycles. The Bertz CT molecular complexity index is 846. The van der Waals surface area contributed by atoms with Gasteiger partial charge in [-0.1, -0.05) is 11.6 Å². The molecule has 0 bridgehead atoms. The Hall–Kier alpha value is -1.93. The van der Waals surface area contributed by atoms with Gasteiger partial charge in [-0.25, -0.2) is 4.98 Å². The Balaban J connectivity index is 1.28. The lowest BCUT2D eigenvalue weighted by Crippen LogP contribution is -2.45. The first-order chi connectivity index (χ1) is 14.6. The summed E-state index contributed by atoms with van der Waals surface area (Å²) in [5.74, 6) is 0.792. The maximum absolute atomic E-state index is 11.6. The van der Waals surface area contributed by atoms with E-state index in [1.165, 1.54) is 12.8 Å². The second-order valence-corrected chi connectivity index (χ2v) is 8.62. The summed E-state index contributed by atoms with van der Waals surface area (Å²) < 4.78 is 13.4. The number of halogens is 1. The minimum absolute atomic E-state index is 0.0348. The lowest BCUT2D eigenvalue weighted by molar-refractivity contribution is -0.126. The number of aromatic nitrogens is 2. The van der Waals surface area contributed by atoms with Gasteiger partial charge in [0.1, 0.15) is 12.4 Å². The van der Waals surface area contributed by atoms with Crippen LogP contribution in [0.2, 0.25) is 5.02 Å². The molecule has 0 unspecified atom stereocenters. The van der Waals surface area contributed by atoms with Crippen LogP contribution >= 0.6 is 11.6 Å². The van der Waals surface area contributed by atoms with Crippen molar-refractivity contribution in [2.75, 3.05) is 33.4 Å². The molecule has 2 aliphatic heterocycles. The van der Waals surface area contributed by atoms with Gasteiger partial charge in [-0.2, -0.15) is 0 Å². The van der Waals surface area contributed by atoms with Crippen molar-refractivity contribution in [2.24, 2.45) is 0 Å². The molecule has 4 heterocycles. The normalized spacial score (nSPS) is 21.2. The Labute approximate surface area is 182 Å². The molecule has 2 saturated heterocycles. The van der Waals surface area contributed by atoms with Crippen LogP contribution in [0.3, 0.4) is 0 Å². The summed E-state index contributed by atoms with van der Waals surface area (Å²) >= 11 is 5.97. The zero-order chi connectivity index (χ0) is 21.0. The summed E-state index contributed by atoms with van der Waals surface area (Å²) in [6.07, 6.45) is 7.93. The number of carbonyl (C=O) groups excluding carboxylic acids is 1. The number of ether oxygens (including phenoxy) is 2. The Morgan fingerprint density at radius 1 is 1.33 bits per heavy atom. The highest BCUT2D eigenvalue weighted by atomic mass is 35.5. The predicted octanol–water partition coefficient (Wildman–Crippen LogP) is 2.80. The van der Waals surface area contributed by atoms with Crippen LogP contribution in [0.15, 0.2) is 36.7 Å². The van der Waals surface area contributed by atoms with E-state index in [0.29, 0.717) is 11.6 Å². The first kappa shape index (κ1) is 21.3. The van der Waals surface area contributed by atoms with Crippen molar-refractivity contribution in [2.45, 2.75) is 43.9 Å². The van der Waals surface area contributed by atoms with E-state index in [9.17, 15) is 4.79 Å². The molecule has 2 aromatic heterocycles. The minimum atomic E-state index is -0.0879. The number of amides is 1. The van der Waals surface area contributed by atoms with Crippen LogP contribution in [-0.2, 0) is 20.8 Å². The van der Waals surface area contributed by atoms with E-state index in [1.54, 1.807) is 6.20 Å². The van der Waals surface area contributed by atoms with Crippen molar-refractivity contribution in [3.05, 3.63) is 47.4 Å². The fourth-order valence-electron chi connectivity index (χ4n) is 4.44. The van der Waals surface area contributed by atoms with Gasteiger partial charge in [-0.3, -0.25) is 9.69 Å². The Kier molecular flexibility index (Phi) is 6.73. The molecule has 1 spiro atoms. The standard InChI is InChI=1S/C22H29ClN4O3/c1-29-16-21(28)25-14-19-6-7-22(30-19)8-11-26(12-9-22)15-18-3-2-10-27(18)20-5-4-17(23)13-24-20/h2-5,10,13,19H,6-9,11-12,14-16H2,1H3,(H,25,28)/t19-/m0/s1. The molecule has 0 radical (unpaired) electrons. The summed E-state index contributed by atoms with van der Waals surface area (Å²) in [6, 6.07) is 8.00. The smallest absolute Gasteiger partial charge is 0.246 e. The third kappa shape index (κ3) is 5.03. The molecule has 2 fully saturated rings. The second kappa shape index (κ2) is 9.47. The maximum atomic E-state index is 11.6. The molecule has 1 atom stereocenters. The van der Waals surface area contributed by atoms with E-state index in [1.807, 2.05) is 18.3 Å². The van der Waals surface area contributed by atoms with Gasteiger partial charge in [-0.15, -0.1) is 0 Å². The monoisotopic (exact) mass is 432 g/mol. The quantitative estimate of drug-likeness (QED) is 0.728. The van der Waals surface area contributed by atoms with Crippen molar-refractivity contribution >= 4 is 17.5 Å². The van der Waals surface area contributed by atoms with Crippen LogP contribution in [0.4, 0.5) is 0 Å². The summed E-state index contributed by atoms with van der Waals surface area (Å²) in [7, 11) is 1.53. The molecular weight excluding hydrogens is 404 g/mol. The fourth-order valence-corrected chi connectivity index (χ4v) is 4.56. The van der Waals surface area contributed by atoms with Crippen molar-refractivity contribution < 1.29 is 14.3 Å². The molecule has 162 valence electrons. The van der Waals surface area contributed by atoms with E-state index < -0.39 is 0 Å². The van der Waals surface area contributed by atoms with E-state index in [0.717, 1.165) is 51.1 Å². The highest BCUT2D eigenvalue weighted by molar-refractivity contribution is 6.30. The highest BCUT2D eigenvalue weighted by Gasteiger charge is 2.42. The van der Waals surface area contributed by atoms with Crippen molar-refractivity contribution in [3.8, 4) is 5.82 Å². The third-order valence-corrected chi connectivity index (χ3v) is 6.31. The average molecular weight is 433 g/mol. The predicted molar refractivity (Wildman–Crippen MR) is 115 cm³/mol. The topological polar surface area (TPSA) is 68.6 Å². The van der Waals surface area contributed by atoms with E-state index in [4.69, 9.17) is 21.1 Å². The Morgan fingerprint density at radius 2 is 2.17 bits per heavy atom. The summed E-state index contributed by atoms with van der Waals surface area (Å²) in [5.41, 5.74) is 1.18. The molecule has 2 aliphatic rings. The van der Waals surface area contributed by atoms with Crippen LogP contribution in [0.1, 0.15) is 31.4 Å². The summed E-state index contributed by atoms with van der Waals surface area (Å²) in [4.78, 5) is 18.5. The molecule has 8 heteroatoms. The largest absolute Gasteiger partial charge is 0.375 e. The van der Waals surface area contributed by atoms with Crippen LogP contribution in [0.25, 0.3) is 5.82 Å². The van der Waals surface area contributed by atoms with Gasteiger partial charge in [0.25, 0.3) is 0 Å². The molecule has 1 amide bonds. The lowest BCUT2D eigenvalue weighted by Gasteiger charge is -2.39. The first-order valence-corrected chi connectivity index (χ1v) is 10.9. The van der Waals surface area contributed by atoms with Gasteiger partial charge in [-0.05, 0) is 49.9 Å². The zero-order valence-corrected chi connectivity index (χ0v) is 18.1. The number of rotatable bonds is 7. The minimum Gasteiger partial charge on any atom is -0.375 e. The van der Waals surface area contributed by atoms with Crippen molar-refractivity contribution in [3.63, 3.8) is 0 Å². The molecular formula is C22H29ClN4O3. The zero-order valence-electron chi connectivity index (χ0n) is 17.3. The van der Waals surface area contributed by atoms with Gasteiger partial charge in [0.15, 0.2) is 0 Å². The highest BCUT2D eigenvalue weighted by Crippen LogP contribution is 2.39. The third-order valence-electron chi connectivity index (χ3n) is 6.09. The van der Waals surface area contributed by atoms with Gasteiger partial charge in [0.2, 0.25) is 5.91 Å². The summed E-state index contributed by atoms with van der Waals surface area (Å²) in [5, 5.41) is 3.54. The van der Waals surface area contributed by atoms with E-state index in [-0.39, 0.29) is 24.2 Å². The number of piperidine rings is 1. The molecule has 30 heavy (non-hydrogen) atoms. The molecule has 2 aromatic rings. The van der Waals surface area contributed by atoms with Crippen LogP contribution in [0, 0.1) is 0 Å². The Morgan fingerprint density at radius 3 is 2.90 bits per heavy atom. The molecule has 7 nitrogen and oxygen atoms in total. The number of likely N-dealkylation sites (tertiary alicyclic amines) is 1. The van der Waals surface area contributed by atoms with Gasteiger partial charge in [0.05, 0.1) is 16.7 Å². The van der Waals surface area contributed by atoms with E-state index in [2.05, 4.69) is 31.9 Å². The lowest BCUT2D eigenvalue weighted by atomic mass is 9.88. The van der Waals surface area contributed by atoms with Crippen LogP contribution in [-0.4, -0.2) is 65.4 Å². The second-order valence-electron chi connectivity index (χ2n) is 8.18. The summed E-state index contributed by atoms with van der Waals surface area (Å²) in [6.45, 7) is 3.54. The van der Waals surface area contributed by atoms with Crippen molar-refractivity contribution in [1.82, 2.24) is 19.8 Å². The van der Waals surface area contributed by atoms with Gasteiger partial charge >= 0.3 is 0 Å². The van der Waals surface area contributed by atoms with E-state index >= 15 is 0 Å². The van der Waals surface area contributed by atoms with Crippen LogP contribution in [0.5, 0.6) is 0 Å². The van der Waals surface area contributed by atoms with Crippen LogP contribution < -0.4 is 5.32 Å². The van der Waals surface area contributed by atoms with Gasteiger partial charge < -0.3 is 19.4 Å². The number of carbonyl (C=O) groups is 1. The molecule has 0 aromatic carbocycles. The fraction of sp³-hybridized carbons (Fsp3) is 0.545.